The number of rotatable bonds is 4. The highest BCUT2D eigenvalue weighted by Gasteiger charge is 2.26. The van der Waals surface area contributed by atoms with Gasteiger partial charge in [0.2, 0.25) is 0 Å². The molecule has 2 heterocycles. The van der Waals surface area contributed by atoms with Gasteiger partial charge in [0.05, 0.1) is 0 Å². The number of amidine groups is 1. The number of nitrogens with two attached hydrogens (primary N) is 1. The lowest BCUT2D eigenvalue weighted by atomic mass is 10.2. The van der Waals surface area contributed by atoms with E-state index in [1.807, 2.05) is 12.1 Å². The van der Waals surface area contributed by atoms with Crippen LogP contribution in [-0.4, -0.2) is 54.2 Å². The topological polar surface area (TPSA) is 78.0 Å². The molecule has 1 atom stereocenters. The average molecular weight is 263 g/mol. The molecule has 1 aromatic rings. The molecule has 19 heavy (non-hydrogen) atoms. The zero-order valence-corrected chi connectivity index (χ0v) is 11.5. The summed E-state index contributed by atoms with van der Waals surface area (Å²) >= 11 is 0. The Balaban J connectivity index is 2.21. The molecule has 2 rings (SSSR count). The van der Waals surface area contributed by atoms with Gasteiger partial charge < -0.3 is 20.7 Å². The van der Waals surface area contributed by atoms with Crippen molar-refractivity contribution < 1.29 is 5.21 Å². The van der Waals surface area contributed by atoms with E-state index < -0.39 is 0 Å². The van der Waals surface area contributed by atoms with Crippen LogP contribution in [-0.2, 0) is 0 Å². The summed E-state index contributed by atoms with van der Waals surface area (Å²) in [4.78, 5) is 8.97. The molecule has 0 aromatic carbocycles. The molecular formula is C13H21N5O. The number of hydrogen-bond donors (Lipinski definition) is 2. The summed E-state index contributed by atoms with van der Waals surface area (Å²) in [6.45, 7) is 2.01. The average Bonchev–Trinajstić information content (AvgIpc) is 2.85. The van der Waals surface area contributed by atoms with Gasteiger partial charge in [-0.2, -0.15) is 0 Å². The van der Waals surface area contributed by atoms with E-state index in [4.69, 9.17) is 10.9 Å². The number of oxime groups is 1. The Kier molecular flexibility index (Phi) is 4.21. The van der Waals surface area contributed by atoms with Gasteiger partial charge in [-0.15, -0.1) is 0 Å². The zero-order valence-electron chi connectivity index (χ0n) is 11.5. The lowest BCUT2D eigenvalue weighted by Crippen LogP contribution is -2.38. The first-order valence-electron chi connectivity index (χ1n) is 6.48. The summed E-state index contributed by atoms with van der Waals surface area (Å²) in [5, 5.41) is 11.7. The van der Waals surface area contributed by atoms with Gasteiger partial charge in [-0.1, -0.05) is 11.2 Å². The van der Waals surface area contributed by atoms with Crippen molar-refractivity contribution in [3.8, 4) is 0 Å². The summed E-state index contributed by atoms with van der Waals surface area (Å²) in [6, 6.07) is 6.09. The first-order chi connectivity index (χ1) is 9.11. The van der Waals surface area contributed by atoms with E-state index in [0.717, 1.165) is 18.9 Å². The normalized spacial score (nSPS) is 20.3. The van der Waals surface area contributed by atoms with Crippen molar-refractivity contribution in [3.05, 3.63) is 23.9 Å². The first kappa shape index (κ1) is 13.6. The van der Waals surface area contributed by atoms with Gasteiger partial charge in [-0.05, 0) is 39.1 Å². The number of pyridine rings is 1. The van der Waals surface area contributed by atoms with Crippen molar-refractivity contribution in [1.29, 1.82) is 0 Å². The van der Waals surface area contributed by atoms with E-state index in [-0.39, 0.29) is 5.84 Å². The molecule has 0 saturated carbocycles. The molecule has 6 nitrogen and oxygen atoms in total. The van der Waals surface area contributed by atoms with Crippen LogP contribution >= 0.6 is 0 Å². The van der Waals surface area contributed by atoms with Crippen LogP contribution in [0.2, 0.25) is 0 Å². The van der Waals surface area contributed by atoms with E-state index in [9.17, 15) is 0 Å². The second-order valence-electron chi connectivity index (χ2n) is 5.12. The third-order valence-corrected chi connectivity index (χ3v) is 3.35. The molecule has 0 spiro atoms. The van der Waals surface area contributed by atoms with Gasteiger partial charge in [0.1, 0.15) is 11.5 Å². The molecule has 1 aromatic heterocycles. The van der Waals surface area contributed by atoms with Crippen LogP contribution in [0.5, 0.6) is 0 Å². The third-order valence-electron chi connectivity index (χ3n) is 3.35. The monoisotopic (exact) mass is 263 g/mol. The molecule has 1 saturated heterocycles. The third kappa shape index (κ3) is 3.14. The Bertz CT molecular complexity index is 460. The van der Waals surface area contributed by atoms with E-state index >= 15 is 0 Å². The maximum absolute atomic E-state index is 8.72. The van der Waals surface area contributed by atoms with E-state index in [2.05, 4.69) is 34.0 Å². The van der Waals surface area contributed by atoms with E-state index in [1.54, 1.807) is 6.07 Å². The second kappa shape index (κ2) is 5.88. The van der Waals surface area contributed by atoms with Crippen molar-refractivity contribution in [2.75, 3.05) is 32.1 Å². The minimum atomic E-state index is 0.0465. The Morgan fingerprint density at radius 1 is 1.58 bits per heavy atom. The van der Waals surface area contributed by atoms with Gasteiger partial charge in [-0.25, -0.2) is 4.98 Å². The van der Waals surface area contributed by atoms with Crippen molar-refractivity contribution in [3.63, 3.8) is 0 Å². The minimum absolute atomic E-state index is 0.0465. The zero-order chi connectivity index (χ0) is 13.8. The highest BCUT2D eigenvalue weighted by Crippen LogP contribution is 2.24. The summed E-state index contributed by atoms with van der Waals surface area (Å²) in [5.41, 5.74) is 6.10. The SMILES string of the molecule is CN(C)CC1CCCN1c1cccc(C(N)=NO)n1. The van der Waals surface area contributed by atoms with Gasteiger partial charge >= 0.3 is 0 Å². The predicted octanol–water partition coefficient (Wildman–Crippen LogP) is 0.707. The molecule has 6 heteroatoms. The standard InChI is InChI=1S/C13H21N5O/c1-17(2)9-10-5-4-8-18(10)12-7-3-6-11(15-12)13(14)16-19/h3,6-7,10,19H,4-5,8-9H2,1-2H3,(H2,14,16). The number of hydrogen-bond acceptors (Lipinski definition) is 5. The first-order valence-corrected chi connectivity index (χ1v) is 6.48. The molecule has 0 radical (unpaired) electrons. The van der Waals surface area contributed by atoms with Crippen molar-refractivity contribution in [1.82, 2.24) is 9.88 Å². The van der Waals surface area contributed by atoms with Crippen LogP contribution < -0.4 is 10.6 Å². The van der Waals surface area contributed by atoms with Crippen LogP contribution in [0, 0.1) is 0 Å². The molecular weight excluding hydrogens is 242 g/mol. The van der Waals surface area contributed by atoms with Crippen LogP contribution in [0.15, 0.2) is 23.4 Å². The fraction of sp³-hybridized carbons (Fsp3) is 0.538. The number of nitrogens with zero attached hydrogens (tertiary/aromatic N) is 4. The Morgan fingerprint density at radius 3 is 3.05 bits per heavy atom. The summed E-state index contributed by atoms with van der Waals surface area (Å²) in [7, 11) is 4.16. The highest BCUT2D eigenvalue weighted by molar-refractivity contribution is 5.95. The van der Waals surface area contributed by atoms with Crippen LogP contribution in [0.1, 0.15) is 18.5 Å². The predicted molar refractivity (Wildman–Crippen MR) is 75.7 cm³/mol. The number of anilines is 1. The lowest BCUT2D eigenvalue weighted by Gasteiger charge is -2.28. The lowest BCUT2D eigenvalue weighted by molar-refractivity contribution is 0.318. The van der Waals surface area contributed by atoms with E-state index in [0.29, 0.717) is 11.7 Å². The Hall–Kier alpha value is -1.82. The molecule has 3 N–H and O–H groups in total. The molecule has 0 aliphatic carbocycles. The van der Waals surface area contributed by atoms with Crippen LogP contribution in [0.4, 0.5) is 5.82 Å². The Labute approximate surface area is 113 Å². The molecule has 1 aliphatic rings. The fourth-order valence-electron chi connectivity index (χ4n) is 2.53. The van der Waals surface area contributed by atoms with Gasteiger partial charge in [0, 0.05) is 19.1 Å². The van der Waals surface area contributed by atoms with Crippen molar-refractivity contribution in [2.45, 2.75) is 18.9 Å². The van der Waals surface area contributed by atoms with Gasteiger partial charge in [0.25, 0.3) is 0 Å². The fourth-order valence-corrected chi connectivity index (χ4v) is 2.53. The maximum Gasteiger partial charge on any atom is 0.188 e. The van der Waals surface area contributed by atoms with Gasteiger partial charge in [0.15, 0.2) is 5.84 Å². The van der Waals surface area contributed by atoms with Crippen LogP contribution in [0.25, 0.3) is 0 Å². The quantitative estimate of drug-likeness (QED) is 0.362. The smallest absolute Gasteiger partial charge is 0.188 e. The molecule has 0 amide bonds. The van der Waals surface area contributed by atoms with E-state index in [1.165, 1.54) is 12.8 Å². The Morgan fingerprint density at radius 2 is 2.37 bits per heavy atom. The summed E-state index contributed by atoms with van der Waals surface area (Å²) in [5.74, 6) is 0.943. The minimum Gasteiger partial charge on any atom is -0.409 e. The number of likely N-dealkylation sites (N-methyl/N-ethyl adjacent to an activating group) is 1. The molecule has 104 valence electrons. The van der Waals surface area contributed by atoms with Crippen LogP contribution in [0.3, 0.4) is 0 Å². The molecule has 1 unspecified atom stereocenters. The summed E-state index contributed by atoms with van der Waals surface area (Å²) in [6.07, 6.45) is 2.35. The summed E-state index contributed by atoms with van der Waals surface area (Å²) < 4.78 is 0. The maximum atomic E-state index is 8.72. The highest BCUT2D eigenvalue weighted by atomic mass is 16.4. The largest absolute Gasteiger partial charge is 0.409 e. The molecule has 1 aliphatic heterocycles. The number of aromatic nitrogens is 1. The van der Waals surface area contributed by atoms with Gasteiger partial charge in [-0.3, -0.25) is 0 Å². The van der Waals surface area contributed by atoms with Crippen molar-refractivity contribution >= 4 is 11.7 Å². The second-order valence-corrected chi connectivity index (χ2v) is 5.12. The van der Waals surface area contributed by atoms with Crippen molar-refractivity contribution in [2.24, 2.45) is 10.9 Å². The molecule has 0 bridgehead atoms. The molecule has 1 fully saturated rings.